The number of rotatable bonds is 6. The Kier molecular flexibility index (Phi) is 5.51. The Morgan fingerprint density at radius 2 is 2.20 bits per heavy atom. The van der Waals surface area contributed by atoms with Gasteiger partial charge in [0, 0.05) is 30.2 Å². The number of aryl methyl sites for hydroxylation is 1. The van der Waals surface area contributed by atoms with Crippen molar-refractivity contribution in [3.63, 3.8) is 0 Å². The molecule has 0 atom stereocenters. The van der Waals surface area contributed by atoms with E-state index in [4.69, 9.17) is 0 Å². The van der Waals surface area contributed by atoms with Gasteiger partial charge in [0.1, 0.15) is 0 Å². The van der Waals surface area contributed by atoms with Gasteiger partial charge in [0.25, 0.3) is 0 Å². The first-order valence-electron chi connectivity index (χ1n) is 6.56. The average molecular weight is 356 g/mol. The highest BCUT2D eigenvalue weighted by atomic mass is 79.9. The van der Waals surface area contributed by atoms with Crippen LogP contribution in [0.4, 0.5) is 0 Å². The minimum Gasteiger partial charge on any atom is -0.315 e. The van der Waals surface area contributed by atoms with Gasteiger partial charge in [-0.15, -0.1) is 11.3 Å². The van der Waals surface area contributed by atoms with Crippen LogP contribution in [0.2, 0.25) is 0 Å². The molecule has 2 heterocycles. The molecule has 0 radical (unpaired) electrons. The number of nitrogens with zero attached hydrogens (tertiary/aromatic N) is 2. The first kappa shape index (κ1) is 15.4. The minimum absolute atomic E-state index is 0.178. The van der Waals surface area contributed by atoms with E-state index in [1.165, 1.54) is 4.88 Å². The fourth-order valence-corrected chi connectivity index (χ4v) is 3.03. The number of hydrogen-bond acceptors (Lipinski definition) is 4. The maximum absolute atomic E-state index is 11.9. The Hall–Kier alpha value is -0.980. The number of halogens is 1. The zero-order valence-corrected chi connectivity index (χ0v) is 14.1. The van der Waals surface area contributed by atoms with Crippen molar-refractivity contribution in [2.75, 3.05) is 13.1 Å². The summed E-state index contributed by atoms with van der Waals surface area (Å²) in [5.74, 6) is 0. The lowest BCUT2D eigenvalue weighted by Crippen LogP contribution is -2.31. The van der Waals surface area contributed by atoms with Gasteiger partial charge in [0.2, 0.25) is 0 Å². The van der Waals surface area contributed by atoms with E-state index in [1.807, 2.05) is 13.8 Å². The molecule has 0 amide bonds. The van der Waals surface area contributed by atoms with Gasteiger partial charge >= 0.3 is 5.69 Å². The second kappa shape index (κ2) is 7.15. The van der Waals surface area contributed by atoms with Crippen LogP contribution < -0.4 is 11.0 Å². The summed E-state index contributed by atoms with van der Waals surface area (Å²) in [7, 11) is 0. The third-order valence-electron chi connectivity index (χ3n) is 3.17. The topological polar surface area (TPSA) is 46.9 Å². The van der Waals surface area contributed by atoms with Crippen LogP contribution in [-0.4, -0.2) is 22.6 Å². The third-order valence-corrected chi connectivity index (χ3v) is 5.26. The molecule has 2 aromatic heterocycles. The van der Waals surface area contributed by atoms with Crippen LogP contribution in [0.5, 0.6) is 0 Å². The Morgan fingerprint density at radius 3 is 2.90 bits per heavy atom. The lowest BCUT2D eigenvalue weighted by molar-refractivity contribution is 0.564. The monoisotopic (exact) mass is 355 g/mol. The van der Waals surface area contributed by atoms with Crippen LogP contribution in [0, 0.1) is 13.8 Å². The molecule has 2 aromatic rings. The van der Waals surface area contributed by atoms with Crippen molar-refractivity contribution in [2.45, 2.75) is 26.8 Å². The van der Waals surface area contributed by atoms with Crippen LogP contribution in [-0.2, 0) is 13.0 Å². The fourth-order valence-electron chi connectivity index (χ4n) is 2.02. The van der Waals surface area contributed by atoms with E-state index in [2.05, 4.69) is 43.7 Å². The predicted octanol–water partition coefficient (Wildman–Crippen LogP) is 2.52. The largest absolute Gasteiger partial charge is 0.348 e. The minimum atomic E-state index is -0.178. The van der Waals surface area contributed by atoms with Crippen LogP contribution in [0.15, 0.2) is 26.8 Å². The molecule has 0 aliphatic rings. The summed E-state index contributed by atoms with van der Waals surface area (Å²) < 4.78 is 2.62. The number of aromatic nitrogens is 2. The predicted molar refractivity (Wildman–Crippen MR) is 86.6 cm³/mol. The molecular formula is C14H18BrN3OS. The molecule has 0 spiro atoms. The summed E-state index contributed by atoms with van der Waals surface area (Å²) in [6.45, 7) is 6.10. The Bertz CT molecular complexity index is 622. The van der Waals surface area contributed by atoms with E-state index in [0.29, 0.717) is 6.54 Å². The second-order valence-electron chi connectivity index (χ2n) is 4.61. The van der Waals surface area contributed by atoms with Crippen molar-refractivity contribution in [3.05, 3.63) is 48.7 Å². The lowest BCUT2D eigenvalue weighted by Gasteiger charge is -2.12. The number of nitrogens with one attached hydrogen (secondary N) is 1. The molecule has 0 bridgehead atoms. The Morgan fingerprint density at radius 1 is 1.40 bits per heavy atom. The molecule has 6 heteroatoms. The van der Waals surface area contributed by atoms with Gasteiger partial charge in [-0.2, -0.15) is 4.98 Å². The van der Waals surface area contributed by atoms with E-state index in [-0.39, 0.29) is 5.69 Å². The highest BCUT2D eigenvalue weighted by molar-refractivity contribution is 9.10. The Balaban J connectivity index is 1.85. The maximum Gasteiger partial charge on any atom is 0.348 e. The summed E-state index contributed by atoms with van der Waals surface area (Å²) in [6.07, 6.45) is 1.03. The van der Waals surface area contributed by atoms with Gasteiger partial charge in [0.15, 0.2) is 0 Å². The number of thiophene rings is 1. The quantitative estimate of drug-likeness (QED) is 0.809. The zero-order chi connectivity index (χ0) is 14.5. The lowest BCUT2D eigenvalue weighted by atomic mass is 10.3. The van der Waals surface area contributed by atoms with E-state index in [1.54, 1.807) is 15.9 Å². The highest BCUT2D eigenvalue weighted by Crippen LogP contribution is 2.16. The van der Waals surface area contributed by atoms with Gasteiger partial charge in [0.05, 0.1) is 10.2 Å². The zero-order valence-electron chi connectivity index (χ0n) is 11.6. The third kappa shape index (κ3) is 3.77. The SMILES string of the molecule is Cc1nc(=O)n(CCNCCc2cccs2)c(C)c1Br. The molecule has 1 N–H and O–H groups in total. The molecule has 0 unspecified atom stereocenters. The summed E-state index contributed by atoms with van der Waals surface area (Å²) >= 11 is 5.25. The van der Waals surface area contributed by atoms with Crippen LogP contribution >= 0.6 is 27.3 Å². The van der Waals surface area contributed by atoms with Crippen molar-refractivity contribution in [1.82, 2.24) is 14.9 Å². The van der Waals surface area contributed by atoms with E-state index in [0.717, 1.165) is 35.4 Å². The molecule has 0 fully saturated rings. The van der Waals surface area contributed by atoms with Crippen LogP contribution in [0.3, 0.4) is 0 Å². The molecule has 2 rings (SSSR count). The van der Waals surface area contributed by atoms with Crippen LogP contribution in [0.1, 0.15) is 16.3 Å². The molecule has 0 aliphatic carbocycles. The first-order chi connectivity index (χ1) is 9.59. The van der Waals surface area contributed by atoms with Gasteiger partial charge in [-0.25, -0.2) is 4.79 Å². The smallest absolute Gasteiger partial charge is 0.315 e. The second-order valence-corrected chi connectivity index (χ2v) is 6.44. The maximum atomic E-state index is 11.9. The van der Waals surface area contributed by atoms with Gasteiger partial charge in [-0.3, -0.25) is 4.57 Å². The highest BCUT2D eigenvalue weighted by Gasteiger charge is 2.08. The average Bonchev–Trinajstić information content (AvgIpc) is 2.92. The Labute approximate surface area is 131 Å². The van der Waals surface area contributed by atoms with Crippen LogP contribution in [0.25, 0.3) is 0 Å². The van der Waals surface area contributed by atoms with Gasteiger partial charge in [-0.1, -0.05) is 6.07 Å². The molecule has 0 saturated heterocycles. The van der Waals surface area contributed by atoms with E-state index in [9.17, 15) is 4.79 Å². The summed E-state index contributed by atoms with van der Waals surface area (Å²) in [6, 6.07) is 4.21. The van der Waals surface area contributed by atoms with Crippen molar-refractivity contribution in [2.24, 2.45) is 0 Å². The van der Waals surface area contributed by atoms with Crippen molar-refractivity contribution < 1.29 is 0 Å². The molecule has 0 aromatic carbocycles. The molecule has 20 heavy (non-hydrogen) atoms. The van der Waals surface area contributed by atoms with Gasteiger partial charge in [-0.05, 0) is 47.6 Å². The first-order valence-corrected chi connectivity index (χ1v) is 8.23. The molecule has 108 valence electrons. The molecule has 0 saturated carbocycles. The summed E-state index contributed by atoms with van der Waals surface area (Å²) in [5, 5.41) is 5.46. The van der Waals surface area contributed by atoms with E-state index < -0.39 is 0 Å². The van der Waals surface area contributed by atoms with Gasteiger partial charge < -0.3 is 5.32 Å². The van der Waals surface area contributed by atoms with Crippen molar-refractivity contribution in [1.29, 1.82) is 0 Å². The molecular weight excluding hydrogens is 338 g/mol. The van der Waals surface area contributed by atoms with Crippen molar-refractivity contribution in [3.8, 4) is 0 Å². The summed E-state index contributed by atoms with van der Waals surface area (Å²) in [5.41, 5.74) is 1.50. The summed E-state index contributed by atoms with van der Waals surface area (Å²) in [4.78, 5) is 17.3. The normalized spacial score (nSPS) is 10.9. The molecule has 4 nitrogen and oxygen atoms in total. The standard InChI is InChI=1S/C14H18BrN3OS/c1-10-13(15)11(2)18(14(19)17-10)8-7-16-6-5-12-4-3-9-20-12/h3-4,9,16H,5-8H2,1-2H3. The number of hydrogen-bond donors (Lipinski definition) is 1. The van der Waals surface area contributed by atoms with Crippen molar-refractivity contribution >= 4 is 27.3 Å². The van der Waals surface area contributed by atoms with E-state index >= 15 is 0 Å². The fraction of sp³-hybridized carbons (Fsp3) is 0.429. The molecule has 0 aliphatic heterocycles.